The van der Waals surface area contributed by atoms with E-state index < -0.39 is 0 Å². The smallest absolute Gasteiger partial charge is 0.169 e. The second kappa shape index (κ2) is 4.18. The molecule has 1 aromatic carbocycles. The number of hydrogen-bond acceptors (Lipinski definition) is 3. The van der Waals surface area contributed by atoms with E-state index >= 15 is 0 Å². The van der Waals surface area contributed by atoms with Gasteiger partial charge in [0, 0.05) is 10.4 Å². The number of rotatable bonds is 2. The summed E-state index contributed by atoms with van der Waals surface area (Å²) in [6, 6.07) is 6.28. The summed E-state index contributed by atoms with van der Waals surface area (Å²) in [6.07, 6.45) is 0.820. The average molecular weight is 231 g/mol. The number of carbonyl (C=O) groups excluding carboxylic acids is 1. The molecule has 0 aliphatic carbocycles. The molecule has 0 saturated carbocycles. The van der Waals surface area contributed by atoms with Crippen molar-refractivity contribution in [2.24, 2.45) is 0 Å². The number of carbonyl (C=O) groups is 1. The minimum Gasteiger partial charge on any atom is -0.296 e. The summed E-state index contributed by atoms with van der Waals surface area (Å²) >= 11 is 1.57. The van der Waals surface area contributed by atoms with Gasteiger partial charge in [0.1, 0.15) is 10.7 Å². The number of hydrogen-bond donors (Lipinski definition) is 0. The summed E-state index contributed by atoms with van der Waals surface area (Å²) in [5.74, 6) is 0. The van der Waals surface area contributed by atoms with Crippen molar-refractivity contribution < 1.29 is 4.79 Å². The zero-order valence-corrected chi connectivity index (χ0v) is 10.4. The van der Waals surface area contributed by atoms with Gasteiger partial charge in [0.25, 0.3) is 0 Å². The highest BCUT2D eigenvalue weighted by Gasteiger charge is 2.10. The zero-order valence-electron chi connectivity index (χ0n) is 9.57. The predicted molar refractivity (Wildman–Crippen MR) is 67.1 cm³/mol. The van der Waals surface area contributed by atoms with Gasteiger partial charge < -0.3 is 0 Å². The summed E-state index contributed by atoms with van der Waals surface area (Å²) in [5, 5.41) is 0.931. The molecule has 2 rings (SSSR count). The van der Waals surface area contributed by atoms with E-state index in [2.05, 4.69) is 37.0 Å². The maximum absolute atomic E-state index is 10.8. The first kappa shape index (κ1) is 11.0. The van der Waals surface area contributed by atoms with Crippen LogP contribution in [0.4, 0.5) is 0 Å². The lowest BCUT2D eigenvalue weighted by molar-refractivity contribution is 0.111. The average Bonchev–Trinajstić information content (AvgIpc) is 2.63. The monoisotopic (exact) mass is 231 g/mol. The number of aldehydes is 1. The van der Waals surface area contributed by atoms with E-state index in [1.807, 2.05) is 6.92 Å². The Morgan fingerprint density at radius 2 is 2.00 bits per heavy atom. The molecule has 0 N–H and O–H groups in total. The Kier molecular flexibility index (Phi) is 2.88. The number of benzene rings is 1. The van der Waals surface area contributed by atoms with E-state index in [0.29, 0.717) is 5.69 Å². The molecule has 3 heteroatoms. The summed E-state index contributed by atoms with van der Waals surface area (Å²) in [5.41, 5.74) is 4.08. The van der Waals surface area contributed by atoms with Crippen molar-refractivity contribution in [3.8, 4) is 10.6 Å². The number of nitrogens with zero attached hydrogens (tertiary/aromatic N) is 1. The molecule has 0 fully saturated rings. The van der Waals surface area contributed by atoms with E-state index in [1.165, 1.54) is 11.1 Å². The highest BCUT2D eigenvalue weighted by Crippen LogP contribution is 2.29. The topological polar surface area (TPSA) is 30.0 Å². The van der Waals surface area contributed by atoms with Crippen molar-refractivity contribution in [2.75, 3.05) is 0 Å². The molecule has 0 bridgehead atoms. The number of thiazole rings is 1. The molecule has 0 amide bonds. The van der Waals surface area contributed by atoms with Gasteiger partial charge in [0.05, 0.1) is 0 Å². The van der Waals surface area contributed by atoms with Gasteiger partial charge in [0.2, 0.25) is 0 Å². The van der Waals surface area contributed by atoms with Crippen LogP contribution in [0.1, 0.15) is 26.5 Å². The minimum absolute atomic E-state index is 0.556. The molecule has 16 heavy (non-hydrogen) atoms. The second-order valence-corrected chi connectivity index (χ2v) is 5.10. The van der Waals surface area contributed by atoms with Gasteiger partial charge in [-0.3, -0.25) is 4.79 Å². The van der Waals surface area contributed by atoms with E-state index in [4.69, 9.17) is 0 Å². The standard InChI is InChI=1S/C13H13NOS/c1-8-4-5-9(2)11(6-8)13-14-12(7-15)10(3)16-13/h4-7H,1-3H3. The van der Waals surface area contributed by atoms with Crippen LogP contribution in [-0.4, -0.2) is 11.3 Å². The molecule has 0 aliphatic heterocycles. The highest BCUT2D eigenvalue weighted by molar-refractivity contribution is 7.15. The van der Waals surface area contributed by atoms with Gasteiger partial charge in [0.15, 0.2) is 6.29 Å². The Balaban J connectivity index is 2.57. The van der Waals surface area contributed by atoms with Crippen molar-refractivity contribution in [3.63, 3.8) is 0 Å². The molecule has 0 aliphatic rings. The van der Waals surface area contributed by atoms with E-state index in [9.17, 15) is 4.79 Å². The van der Waals surface area contributed by atoms with E-state index in [0.717, 1.165) is 21.7 Å². The lowest BCUT2D eigenvalue weighted by Crippen LogP contribution is -1.86. The Morgan fingerprint density at radius 1 is 1.25 bits per heavy atom. The van der Waals surface area contributed by atoms with Crippen LogP contribution in [0.2, 0.25) is 0 Å². The predicted octanol–water partition coefficient (Wildman–Crippen LogP) is 3.55. The van der Waals surface area contributed by atoms with Crippen molar-refractivity contribution in [1.29, 1.82) is 0 Å². The maximum atomic E-state index is 10.8. The fraction of sp³-hybridized carbons (Fsp3) is 0.231. The van der Waals surface area contributed by atoms with Crippen LogP contribution in [0.25, 0.3) is 10.6 Å². The third kappa shape index (κ3) is 1.91. The molecule has 0 saturated heterocycles. The normalized spacial score (nSPS) is 10.4. The van der Waals surface area contributed by atoms with Crippen molar-refractivity contribution in [3.05, 3.63) is 39.9 Å². The lowest BCUT2D eigenvalue weighted by Gasteiger charge is -2.02. The van der Waals surface area contributed by atoms with Gasteiger partial charge in [-0.25, -0.2) is 4.98 Å². The fourth-order valence-electron chi connectivity index (χ4n) is 1.60. The SMILES string of the molecule is Cc1ccc(C)c(-c2nc(C=O)c(C)s2)c1. The second-order valence-electron chi connectivity index (χ2n) is 3.90. The lowest BCUT2D eigenvalue weighted by atomic mass is 10.1. The van der Waals surface area contributed by atoms with Crippen LogP contribution in [0.15, 0.2) is 18.2 Å². The van der Waals surface area contributed by atoms with Crippen LogP contribution in [0.5, 0.6) is 0 Å². The quantitative estimate of drug-likeness (QED) is 0.740. The van der Waals surface area contributed by atoms with E-state index in [1.54, 1.807) is 11.3 Å². The van der Waals surface area contributed by atoms with Crippen LogP contribution < -0.4 is 0 Å². The van der Waals surface area contributed by atoms with Gasteiger partial charge >= 0.3 is 0 Å². The first-order chi connectivity index (χ1) is 7.61. The zero-order chi connectivity index (χ0) is 11.7. The molecule has 82 valence electrons. The van der Waals surface area contributed by atoms with Gasteiger partial charge in [-0.05, 0) is 32.4 Å². The molecule has 0 atom stereocenters. The highest BCUT2D eigenvalue weighted by atomic mass is 32.1. The molecular weight excluding hydrogens is 218 g/mol. The first-order valence-corrected chi connectivity index (χ1v) is 5.93. The molecular formula is C13H13NOS. The molecule has 0 unspecified atom stereocenters. The molecule has 2 nitrogen and oxygen atoms in total. The Labute approximate surface area is 99.0 Å². The Morgan fingerprint density at radius 3 is 2.62 bits per heavy atom. The minimum atomic E-state index is 0.556. The number of aryl methyl sites for hydroxylation is 3. The van der Waals surface area contributed by atoms with Gasteiger partial charge in [-0.15, -0.1) is 11.3 Å². The van der Waals surface area contributed by atoms with Crippen LogP contribution in [0, 0.1) is 20.8 Å². The third-order valence-electron chi connectivity index (χ3n) is 2.57. The maximum Gasteiger partial charge on any atom is 0.169 e. The van der Waals surface area contributed by atoms with Crippen molar-refractivity contribution in [2.45, 2.75) is 20.8 Å². The largest absolute Gasteiger partial charge is 0.296 e. The van der Waals surface area contributed by atoms with E-state index in [-0.39, 0.29) is 0 Å². The Bertz CT molecular complexity index is 543. The van der Waals surface area contributed by atoms with Gasteiger partial charge in [-0.1, -0.05) is 17.7 Å². The van der Waals surface area contributed by atoms with Gasteiger partial charge in [-0.2, -0.15) is 0 Å². The molecule has 1 aromatic heterocycles. The van der Waals surface area contributed by atoms with Crippen molar-refractivity contribution in [1.82, 2.24) is 4.98 Å². The Hall–Kier alpha value is -1.48. The summed E-state index contributed by atoms with van der Waals surface area (Å²) < 4.78 is 0. The third-order valence-corrected chi connectivity index (χ3v) is 3.59. The first-order valence-electron chi connectivity index (χ1n) is 5.12. The van der Waals surface area contributed by atoms with Crippen LogP contribution in [0.3, 0.4) is 0 Å². The summed E-state index contributed by atoms with van der Waals surface area (Å²) in [6.45, 7) is 6.05. The molecule has 2 aromatic rings. The molecule has 0 spiro atoms. The number of aromatic nitrogens is 1. The molecule has 0 radical (unpaired) electrons. The fourth-order valence-corrected chi connectivity index (χ4v) is 2.56. The van der Waals surface area contributed by atoms with Crippen LogP contribution >= 0.6 is 11.3 Å². The summed E-state index contributed by atoms with van der Waals surface area (Å²) in [7, 11) is 0. The van der Waals surface area contributed by atoms with Crippen LogP contribution in [-0.2, 0) is 0 Å². The van der Waals surface area contributed by atoms with Crippen molar-refractivity contribution >= 4 is 17.6 Å². The molecule has 1 heterocycles. The summed E-state index contributed by atoms with van der Waals surface area (Å²) in [4.78, 5) is 16.1.